The molecule has 4 nitrogen and oxygen atoms in total. The lowest BCUT2D eigenvalue weighted by Crippen LogP contribution is -2.40. The van der Waals surface area contributed by atoms with Gasteiger partial charge in [0, 0.05) is 23.5 Å². The number of anilines is 1. The Hall–Kier alpha value is -1.72. The highest BCUT2D eigenvalue weighted by Gasteiger charge is 2.15. The lowest BCUT2D eigenvalue weighted by atomic mass is 10.2. The number of rotatable bonds is 7. The molecule has 0 spiro atoms. The van der Waals surface area contributed by atoms with Gasteiger partial charge in [-0.3, -0.25) is 4.79 Å². The van der Waals surface area contributed by atoms with Gasteiger partial charge in [0.25, 0.3) is 0 Å². The van der Waals surface area contributed by atoms with Crippen LogP contribution in [-0.2, 0) is 11.2 Å². The van der Waals surface area contributed by atoms with Crippen LogP contribution in [0.3, 0.4) is 0 Å². The summed E-state index contributed by atoms with van der Waals surface area (Å²) in [6, 6.07) is 9.37. The average Bonchev–Trinajstić information content (AvgIpc) is 2.83. The molecule has 1 aromatic carbocycles. The largest absolute Gasteiger partial charge is 0.325 e. The van der Waals surface area contributed by atoms with E-state index in [0.29, 0.717) is 0 Å². The summed E-state index contributed by atoms with van der Waals surface area (Å²) in [6.07, 6.45) is 1.61. The molecule has 1 heterocycles. The summed E-state index contributed by atoms with van der Waals surface area (Å²) in [5, 5.41) is 7.39. The van der Waals surface area contributed by atoms with Crippen LogP contribution in [0.5, 0.6) is 0 Å². The highest BCUT2D eigenvalue weighted by atomic mass is 32.1. The van der Waals surface area contributed by atoms with E-state index in [1.807, 2.05) is 44.2 Å². The minimum Gasteiger partial charge on any atom is -0.325 e. The van der Waals surface area contributed by atoms with Crippen molar-refractivity contribution in [1.82, 2.24) is 10.3 Å². The third kappa shape index (κ3) is 4.64. The van der Waals surface area contributed by atoms with Gasteiger partial charge in [0.2, 0.25) is 5.91 Å². The van der Waals surface area contributed by atoms with Crippen molar-refractivity contribution in [3.8, 4) is 0 Å². The second-order valence-corrected chi connectivity index (χ2v) is 6.56. The number of para-hydroxylation sites is 1. The van der Waals surface area contributed by atoms with Gasteiger partial charge in [-0.05, 0) is 32.4 Å². The summed E-state index contributed by atoms with van der Waals surface area (Å²) in [7, 11) is 0. The molecule has 0 radical (unpaired) electrons. The highest BCUT2D eigenvalue weighted by Crippen LogP contribution is 2.16. The van der Waals surface area contributed by atoms with Crippen molar-refractivity contribution < 1.29 is 4.79 Å². The van der Waals surface area contributed by atoms with E-state index < -0.39 is 0 Å². The number of nitrogens with zero attached hydrogens (tertiary/aromatic N) is 1. The minimum absolute atomic E-state index is 0.0141. The molecule has 0 aliphatic rings. The van der Waals surface area contributed by atoms with Crippen molar-refractivity contribution in [2.75, 3.05) is 11.9 Å². The van der Waals surface area contributed by atoms with E-state index in [2.05, 4.69) is 22.5 Å². The normalized spacial score (nSPS) is 12.1. The Morgan fingerprint density at radius 3 is 2.59 bits per heavy atom. The van der Waals surface area contributed by atoms with Crippen LogP contribution in [0.4, 0.5) is 5.69 Å². The van der Waals surface area contributed by atoms with E-state index in [0.717, 1.165) is 35.8 Å². The molecule has 0 aliphatic heterocycles. The van der Waals surface area contributed by atoms with Gasteiger partial charge in [0.15, 0.2) is 0 Å². The number of benzene rings is 1. The van der Waals surface area contributed by atoms with Gasteiger partial charge < -0.3 is 10.6 Å². The predicted octanol–water partition coefficient (Wildman–Crippen LogP) is 3.31. The van der Waals surface area contributed by atoms with E-state index in [1.165, 1.54) is 4.88 Å². The number of thiazole rings is 1. The first-order chi connectivity index (χ1) is 10.6. The Morgan fingerprint density at radius 2 is 2.00 bits per heavy atom. The fourth-order valence-electron chi connectivity index (χ4n) is 2.17. The SMILES string of the molecule is CC[C@@H](NCCc1nc(C)c(C)s1)C(=O)Nc1ccccc1. The van der Waals surface area contributed by atoms with Crippen LogP contribution >= 0.6 is 11.3 Å². The number of hydrogen-bond donors (Lipinski definition) is 2. The zero-order valence-electron chi connectivity index (χ0n) is 13.3. The monoisotopic (exact) mass is 317 g/mol. The van der Waals surface area contributed by atoms with E-state index in [9.17, 15) is 4.79 Å². The molecular weight excluding hydrogens is 294 g/mol. The van der Waals surface area contributed by atoms with Crippen molar-refractivity contribution in [1.29, 1.82) is 0 Å². The Kier molecular flexibility index (Phi) is 6.10. The van der Waals surface area contributed by atoms with Gasteiger partial charge in [-0.25, -0.2) is 4.98 Å². The third-order valence-electron chi connectivity index (χ3n) is 3.57. The maximum absolute atomic E-state index is 12.3. The van der Waals surface area contributed by atoms with Gasteiger partial charge in [-0.1, -0.05) is 25.1 Å². The molecular formula is C17H23N3OS. The number of hydrogen-bond acceptors (Lipinski definition) is 4. The van der Waals surface area contributed by atoms with Crippen molar-refractivity contribution in [3.05, 3.63) is 45.9 Å². The first kappa shape index (κ1) is 16.6. The van der Waals surface area contributed by atoms with Crippen LogP contribution < -0.4 is 10.6 Å². The number of nitrogens with one attached hydrogen (secondary N) is 2. The summed E-state index contributed by atoms with van der Waals surface area (Å²) in [5.41, 5.74) is 1.94. The predicted molar refractivity (Wildman–Crippen MR) is 92.4 cm³/mol. The second-order valence-electron chi connectivity index (χ2n) is 5.27. The Balaban J connectivity index is 1.82. The third-order valence-corrected chi connectivity index (χ3v) is 4.70. The lowest BCUT2D eigenvalue weighted by Gasteiger charge is -2.16. The standard InChI is InChI=1S/C17H23N3OS/c1-4-15(17(21)20-14-8-6-5-7-9-14)18-11-10-16-19-12(2)13(3)22-16/h5-9,15,18H,4,10-11H2,1-3H3,(H,20,21)/t15-/m1/s1. The molecule has 0 fully saturated rings. The molecule has 2 aromatic rings. The van der Waals surface area contributed by atoms with Crippen LogP contribution in [0, 0.1) is 13.8 Å². The maximum atomic E-state index is 12.3. The van der Waals surface area contributed by atoms with Crippen LogP contribution in [0.25, 0.3) is 0 Å². The van der Waals surface area contributed by atoms with Crippen molar-refractivity contribution >= 4 is 22.9 Å². The summed E-state index contributed by atoms with van der Waals surface area (Å²) < 4.78 is 0. The zero-order chi connectivity index (χ0) is 15.9. The summed E-state index contributed by atoms with van der Waals surface area (Å²) in [5.74, 6) is 0.0141. The zero-order valence-corrected chi connectivity index (χ0v) is 14.2. The molecule has 118 valence electrons. The van der Waals surface area contributed by atoms with Crippen LogP contribution in [0.2, 0.25) is 0 Å². The molecule has 0 bridgehead atoms. The van der Waals surface area contributed by atoms with Gasteiger partial charge in [-0.15, -0.1) is 11.3 Å². The molecule has 22 heavy (non-hydrogen) atoms. The molecule has 0 saturated carbocycles. The minimum atomic E-state index is -0.178. The molecule has 2 N–H and O–H groups in total. The van der Waals surface area contributed by atoms with Crippen LogP contribution in [0.1, 0.15) is 28.9 Å². The fourth-order valence-corrected chi connectivity index (χ4v) is 3.11. The fraction of sp³-hybridized carbons (Fsp3) is 0.412. The first-order valence-electron chi connectivity index (χ1n) is 7.62. The lowest BCUT2D eigenvalue weighted by molar-refractivity contribution is -0.118. The summed E-state index contributed by atoms with van der Waals surface area (Å²) in [6.45, 7) is 6.89. The molecule has 0 saturated heterocycles. The maximum Gasteiger partial charge on any atom is 0.241 e. The van der Waals surface area contributed by atoms with E-state index >= 15 is 0 Å². The van der Waals surface area contributed by atoms with Gasteiger partial charge in [0.05, 0.1) is 16.7 Å². The first-order valence-corrected chi connectivity index (χ1v) is 8.44. The second kappa shape index (κ2) is 8.06. The van der Waals surface area contributed by atoms with Crippen LogP contribution in [0.15, 0.2) is 30.3 Å². The summed E-state index contributed by atoms with van der Waals surface area (Å²) in [4.78, 5) is 18.0. The molecule has 1 aromatic heterocycles. The van der Waals surface area contributed by atoms with Gasteiger partial charge in [-0.2, -0.15) is 0 Å². The number of amides is 1. The molecule has 2 rings (SSSR count). The van der Waals surface area contributed by atoms with Crippen molar-refractivity contribution in [2.45, 2.75) is 39.7 Å². The van der Waals surface area contributed by atoms with Gasteiger partial charge in [0.1, 0.15) is 0 Å². The van der Waals surface area contributed by atoms with E-state index in [-0.39, 0.29) is 11.9 Å². The van der Waals surface area contributed by atoms with Crippen LogP contribution in [-0.4, -0.2) is 23.5 Å². The highest BCUT2D eigenvalue weighted by molar-refractivity contribution is 7.11. The van der Waals surface area contributed by atoms with Crippen molar-refractivity contribution in [2.24, 2.45) is 0 Å². The summed E-state index contributed by atoms with van der Waals surface area (Å²) >= 11 is 1.73. The number of carbonyl (C=O) groups excluding carboxylic acids is 1. The molecule has 0 aliphatic carbocycles. The van der Waals surface area contributed by atoms with Gasteiger partial charge >= 0.3 is 0 Å². The number of aryl methyl sites for hydroxylation is 2. The Morgan fingerprint density at radius 1 is 1.27 bits per heavy atom. The quantitative estimate of drug-likeness (QED) is 0.824. The number of carbonyl (C=O) groups is 1. The smallest absolute Gasteiger partial charge is 0.241 e. The Bertz CT molecular complexity index is 590. The molecule has 5 heteroatoms. The Labute approximate surface area is 136 Å². The molecule has 0 unspecified atom stereocenters. The number of aromatic nitrogens is 1. The topological polar surface area (TPSA) is 54.0 Å². The van der Waals surface area contributed by atoms with E-state index in [4.69, 9.17) is 0 Å². The van der Waals surface area contributed by atoms with Crippen molar-refractivity contribution in [3.63, 3.8) is 0 Å². The van der Waals surface area contributed by atoms with E-state index in [1.54, 1.807) is 11.3 Å². The molecule has 1 atom stereocenters. The molecule has 1 amide bonds. The average molecular weight is 317 g/mol.